The van der Waals surface area contributed by atoms with E-state index in [0.717, 1.165) is 22.9 Å². The van der Waals surface area contributed by atoms with E-state index in [-0.39, 0.29) is 30.0 Å². The number of nitrogens with zero attached hydrogens (tertiary/aromatic N) is 3. The molecule has 0 radical (unpaired) electrons. The Morgan fingerprint density at radius 2 is 1.93 bits per heavy atom. The van der Waals surface area contributed by atoms with Crippen molar-refractivity contribution < 1.29 is 23.1 Å². The van der Waals surface area contributed by atoms with Crippen LogP contribution in [0.1, 0.15) is 12.5 Å². The minimum atomic E-state index is -0.556. The van der Waals surface area contributed by atoms with Gasteiger partial charge in [-0.05, 0) is 50.2 Å². The molecule has 0 aliphatic rings. The molecule has 0 saturated carbocycles. The van der Waals surface area contributed by atoms with Crippen LogP contribution in [-0.2, 0) is 14.3 Å². The van der Waals surface area contributed by atoms with Gasteiger partial charge in [0, 0.05) is 11.3 Å². The van der Waals surface area contributed by atoms with Gasteiger partial charge >= 0.3 is 5.97 Å². The van der Waals surface area contributed by atoms with Gasteiger partial charge in [0.25, 0.3) is 5.22 Å². The lowest BCUT2D eigenvalue weighted by Gasteiger charge is -2.21. The first-order valence-electron chi connectivity index (χ1n) is 9.21. The zero-order chi connectivity index (χ0) is 21.5. The number of halogens is 1. The van der Waals surface area contributed by atoms with E-state index in [1.54, 1.807) is 6.92 Å². The van der Waals surface area contributed by atoms with Crippen LogP contribution in [0.2, 0.25) is 0 Å². The summed E-state index contributed by atoms with van der Waals surface area (Å²) in [5, 5.41) is 8.21. The summed E-state index contributed by atoms with van der Waals surface area (Å²) in [7, 11) is 0. The largest absolute Gasteiger partial charge is 0.465 e. The molecule has 0 atom stereocenters. The van der Waals surface area contributed by atoms with Crippen molar-refractivity contribution in [3.05, 3.63) is 59.9 Å². The highest BCUT2D eigenvalue weighted by molar-refractivity contribution is 7.99. The fourth-order valence-corrected chi connectivity index (χ4v) is 3.28. The Labute approximate surface area is 177 Å². The number of hydrogen-bond donors (Lipinski definition) is 0. The molecule has 2 aromatic carbocycles. The summed E-state index contributed by atoms with van der Waals surface area (Å²) in [6.45, 7) is 3.56. The van der Waals surface area contributed by atoms with Gasteiger partial charge in [-0.2, -0.15) is 0 Å². The van der Waals surface area contributed by atoms with E-state index < -0.39 is 11.8 Å². The Bertz CT molecular complexity index is 1020. The fraction of sp³-hybridized carbons (Fsp3) is 0.238. The van der Waals surface area contributed by atoms with E-state index in [4.69, 9.17) is 9.15 Å². The van der Waals surface area contributed by atoms with Crippen LogP contribution in [0.25, 0.3) is 11.5 Å². The van der Waals surface area contributed by atoms with Crippen molar-refractivity contribution in [1.29, 1.82) is 0 Å². The lowest BCUT2D eigenvalue weighted by Crippen LogP contribution is -2.37. The smallest absolute Gasteiger partial charge is 0.326 e. The predicted octanol–water partition coefficient (Wildman–Crippen LogP) is 3.87. The topological polar surface area (TPSA) is 85.5 Å². The summed E-state index contributed by atoms with van der Waals surface area (Å²) < 4.78 is 23.8. The Kier molecular flexibility index (Phi) is 7.18. The maximum absolute atomic E-state index is 13.2. The first-order chi connectivity index (χ1) is 14.5. The van der Waals surface area contributed by atoms with E-state index in [1.165, 1.54) is 29.2 Å². The molecule has 0 fully saturated rings. The second-order valence-electron chi connectivity index (χ2n) is 6.29. The molecule has 0 N–H and O–H groups in total. The van der Waals surface area contributed by atoms with Crippen LogP contribution in [0.3, 0.4) is 0 Å². The van der Waals surface area contributed by atoms with Gasteiger partial charge in [-0.3, -0.25) is 9.59 Å². The van der Waals surface area contributed by atoms with Gasteiger partial charge in [-0.25, -0.2) is 4.39 Å². The minimum absolute atomic E-state index is 0.0494. The molecule has 3 rings (SSSR count). The lowest BCUT2D eigenvalue weighted by molar-refractivity contribution is -0.142. The number of carbonyl (C=O) groups excluding carboxylic acids is 2. The highest BCUT2D eigenvalue weighted by atomic mass is 32.2. The van der Waals surface area contributed by atoms with Crippen molar-refractivity contribution >= 4 is 29.3 Å². The number of hydrogen-bond acceptors (Lipinski definition) is 7. The van der Waals surface area contributed by atoms with Crippen molar-refractivity contribution in [2.24, 2.45) is 0 Å². The van der Waals surface area contributed by atoms with Crippen molar-refractivity contribution in [2.75, 3.05) is 23.8 Å². The van der Waals surface area contributed by atoms with Gasteiger partial charge in [-0.15, -0.1) is 10.2 Å². The molecule has 0 bridgehead atoms. The number of anilines is 1. The summed E-state index contributed by atoms with van der Waals surface area (Å²) in [6, 6.07) is 12.9. The van der Waals surface area contributed by atoms with Crippen molar-refractivity contribution in [1.82, 2.24) is 10.2 Å². The number of aryl methyl sites for hydroxylation is 1. The number of thioether (sulfide) groups is 1. The van der Waals surface area contributed by atoms with Gasteiger partial charge in [0.05, 0.1) is 12.4 Å². The van der Waals surface area contributed by atoms with Crippen LogP contribution < -0.4 is 4.90 Å². The monoisotopic (exact) mass is 429 g/mol. The van der Waals surface area contributed by atoms with Gasteiger partial charge in [0.15, 0.2) is 0 Å². The predicted molar refractivity (Wildman–Crippen MR) is 111 cm³/mol. The summed E-state index contributed by atoms with van der Waals surface area (Å²) >= 11 is 1.06. The molecule has 1 heterocycles. The Balaban J connectivity index is 1.69. The number of ether oxygens (including phenoxy) is 1. The molecule has 156 valence electrons. The first-order valence-corrected chi connectivity index (χ1v) is 10.2. The molecule has 1 amide bonds. The molecule has 0 aliphatic carbocycles. The van der Waals surface area contributed by atoms with E-state index in [0.29, 0.717) is 11.6 Å². The average molecular weight is 429 g/mol. The zero-order valence-electron chi connectivity index (χ0n) is 16.5. The maximum atomic E-state index is 13.2. The molecule has 0 unspecified atom stereocenters. The van der Waals surface area contributed by atoms with Gasteiger partial charge < -0.3 is 14.1 Å². The molecule has 1 aromatic heterocycles. The van der Waals surface area contributed by atoms with E-state index >= 15 is 0 Å². The molecule has 30 heavy (non-hydrogen) atoms. The van der Waals surface area contributed by atoms with Gasteiger partial charge in [0.1, 0.15) is 12.4 Å². The number of esters is 1. The first kappa shape index (κ1) is 21.5. The molecular formula is C21H20FN3O4S. The molecule has 0 saturated heterocycles. The number of rotatable bonds is 8. The van der Waals surface area contributed by atoms with Crippen LogP contribution in [0, 0.1) is 12.7 Å². The minimum Gasteiger partial charge on any atom is -0.465 e. The average Bonchev–Trinajstić information content (AvgIpc) is 3.20. The van der Waals surface area contributed by atoms with Crippen molar-refractivity contribution in [3.63, 3.8) is 0 Å². The third-order valence-corrected chi connectivity index (χ3v) is 4.83. The van der Waals surface area contributed by atoms with E-state index in [9.17, 15) is 14.0 Å². The number of amides is 1. The normalized spacial score (nSPS) is 10.6. The van der Waals surface area contributed by atoms with Crippen LogP contribution in [0.5, 0.6) is 0 Å². The third kappa shape index (κ3) is 5.66. The standard InChI is InChI=1S/C21H20FN3O4S/c1-3-28-19(27)12-25(17-9-7-16(22)8-10-17)18(26)13-30-21-24-23-20(29-21)15-6-4-5-14(2)11-15/h4-11H,3,12-13H2,1-2H3. The van der Waals surface area contributed by atoms with Crippen LogP contribution in [-0.4, -0.2) is 41.0 Å². The molecule has 0 spiro atoms. The van der Waals surface area contributed by atoms with Crippen LogP contribution >= 0.6 is 11.8 Å². The molecular weight excluding hydrogens is 409 g/mol. The quantitative estimate of drug-likeness (QED) is 0.397. The SMILES string of the molecule is CCOC(=O)CN(C(=O)CSc1nnc(-c2cccc(C)c2)o1)c1ccc(F)cc1. The highest BCUT2D eigenvalue weighted by Gasteiger charge is 2.21. The second-order valence-corrected chi connectivity index (χ2v) is 7.22. The van der Waals surface area contributed by atoms with E-state index in [2.05, 4.69) is 10.2 Å². The highest BCUT2D eigenvalue weighted by Crippen LogP contribution is 2.25. The second kappa shape index (κ2) is 10.0. The number of benzene rings is 2. The molecule has 9 heteroatoms. The number of carbonyl (C=O) groups is 2. The summed E-state index contributed by atoms with van der Waals surface area (Å²) in [5.74, 6) is -1.07. The van der Waals surface area contributed by atoms with E-state index in [1.807, 2.05) is 31.2 Å². The summed E-state index contributed by atoms with van der Waals surface area (Å²) in [6.07, 6.45) is 0. The Hall–Kier alpha value is -3.20. The van der Waals surface area contributed by atoms with Crippen LogP contribution in [0.15, 0.2) is 58.2 Å². The lowest BCUT2D eigenvalue weighted by atomic mass is 10.1. The fourth-order valence-electron chi connectivity index (χ4n) is 2.64. The summed E-state index contributed by atoms with van der Waals surface area (Å²) in [5.41, 5.74) is 2.24. The molecule has 3 aromatic rings. The maximum Gasteiger partial charge on any atom is 0.326 e. The van der Waals surface area contributed by atoms with Gasteiger partial charge in [-0.1, -0.05) is 29.5 Å². The van der Waals surface area contributed by atoms with Crippen LogP contribution in [0.4, 0.5) is 10.1 Å². The third-order valence-electron chi connectivity index (χ3n) is 4.02. The Morgan fingerprint density at radius 1 is 1.17 bits per heavy atom. The Morgan fingerprint density at radius 3 is 2.63 bits per heavy atom. The number of aromatic nitrogens is 2. The van der Waals surface area contributed by atoms with Crippen molar-refractivity contribution in [3.8, 4) is 11.5 Å². The van der Waals surface area contributed by atoms with Crippen molar-refractivity contribution in [2.45, 2.75) is 19.1 Å². The van der Waals surface area contributed by atoms with Gasteiger partial charge in [0.2, 0.25) is 11.8 Å². The zero-order valence-corrected chi connectivity index (χ0v) is 17.3. The molecule has 7 nitrogen and oxygen atoms in total. The molecule has 0 aliphatic heterocycles. The summed E-state index contributed by atoms with van der Waals surface area (Å²) in [4.78, 5) is 25.9.